The lowest BCUT2D eigenvalue weighted by Gasteiger charge is -2.11. The van der Waals surface area contributed by atoms with Crippen LogP contribution in [0.2, 0.25) is 0 Å². The summed E-state index contributed by atoms with van der Waals surface area (Å²) in [6, 6.07) is 10.6. The molecule has 3 aromatic rings. The van der Waals surface area contributed by atoms with Gasteiger partial charge in [0.05, 0.1) is 12.0 Å². The van der Waals surface area contributed by atoms with Gasteiger partial charge >= 0.3 is 7.82 Å². The van der Waals surface area contributed by atoms with E-state index in [1.807, 2.05) is 19.9 Å². The number of methoxy groups -OCH3 is 1. The Balaban J connectivity index is 1.99. The van der Waals surface area contributed by atoms with Crippen molar-refractivity contribution in [3.63, 3.8) is 0 Å². The van der Waals surface area contributed by atoms with Crippen LogP contribution in [0, 0.1) is 13.8 Å². The molecule has 8 heteroatoms. The van der Waals surface area contributed by atoms with Crippen molar-refractivity contribution in [3.8, 4) is 33.1 Å². The minimum absolute atomic E-state index is 0.111. The highest BCUT2D eigenvalue weighted by atomic mass is 32.1. The number of phosphoric ester groups is 1. The Morgan fingerprint density at radius 3 is 2.38 bits per heavy atom. The third-order valence-corrected chi connectivity index (χ3v) is 5.36. The lowest BCUT2D eigenvalue weighted by Crippen LogP contribution is -1.92. The Kier molecular flexibility index (Phi) is 5.16. The van der Waals surface area contributed by atoms with E-state index in [2.05, 4.69) is 15.0 Å². The van der Waals surface area contributed by atoms with Crippen molar-refractivity contribution in [2.24, 2.45) is 0 Å². The van der Waals surface area contributed by atoms with E-state index in [9.17, 15) is 4.57 Å². The Labute approximate surface area is 155 Å². The molecule has 0 spiro atoms. The number of aryl methyl sites for hydroxylation is 1. The molecule has 0 unspecified atom stereocenters. The fourth-order valence-electron chi connectivity index (χ4n) is 2.66. The molecule has 0 aliphatic carbocycles. The van der Waals surface area contributed by atoms with Crippen LogP contribution in [-0.2, 0) is 4.57 Å². The molecule has 0 aliphatic heterocycles. The first-order valence-electron chi connectivity index (χ1n) is 7.74. The van der Waals surface area contributed by atoms with Gasteiger partial charge in [-0.1, -0.05) is 18.2 Å². The number of aromatic nitrogens is 1. The molecule has 0 fully saturated rings. The maximum absolute atomic E-state index is 10.9. The highest BCUT2D eigenvalue weighted by molar-refractivity contribution is 7.46. The van der Waals surface area contributed by atoms with E-state index in [0.717, 1.165) is 38.4 Å². The lowest BCUT2D eigenvalue weighted by atomic mass is 9.99. The van der Waals surface area contributed by atoms with Gasteiger partial charge in [0.1, 0.15) is 11.5 Å². The number of hydrogen-bond acceptors (Lipinski definition) is 5. The van der Waals surface area contributed by atoms with Crippen molar-refractivity contribution < 1.29 is 23.6 Å². The summed E-state index contributed by atoms with van der Waals surface area (Å²) in [7, 11) is -2.91. The van der Waals surface area contributed by atoms with Gasteiger partial charge in [-0.3, -0.25) is 9.79 Å². The molecule has 0 bridgehead atoms. The maximum atomic E-state index is 10.9. The fourth-order valence-corrected chi connectivity index (χ4v) is 3.81. The minimum atomic E-state index is -4.56. The number of nitrogens with zero attached hydrogens (tertiary/aromatic N) is 1. The van der Waals surface area contributed by atoms with Crippen molar-refractivity contribution in [3.05, 3.63) is 53.7 Å². The van der Waals surface area contributed by atoms with E-state index in [1.165, 1.54) is 23.7 Å². The minimum Gasteiger partial charge on any atom is -0.496 e. The zero-order chi connectivity index (χ0) is 18.9. The molecule has 1 aromatic heterocycles. The molecule has 3 rings (SSSR count). The average Bonchev–Trinajstić information content (AvgIpc) is 3.06. The van der Waals surface area contributed by atoms with Crippen molar-refractivity contribution in [1.29, 1.82) is 0 Å². The van der Waals surface area contributed by atoms with Gasteiger partial charge in [0, 0.05) is 11.8 Å². The molecule has 0 amide bonds. The standard InChI is InChI=1S/C18H18NO5PS/c1-11-8-14(9-17(23-3)12(11)2)18-16(10-19-26-18)13-4-6-15(7-5-13)24-25(20,21)22/h4-10H,1-3H3,(H2,20,21,22). The molecule has 0 saturated heterocycles. The van der Waals surface area contributed by atoms with E-state index in [-0.39, 0.29) is 5.75 Å². The summed E-state index contributed by atoms with van der Waals surface area (Å²) in [6.45, 7) is 4.06. The molecular weight excluding hydrogens is 373 g/mol. The molecule has 0 aliphatic rings. The molecule has 2 N–H and O–H groups in total. The van der Waals surface area contributed by atoms with Crippen LogP contribution in [0.4, 0.5) is 0 Å². The quantitative estimate of drug-likeness (QED) is 0.619. The van der Waals surface area contributed by atoms with E-state index in [0.29, 0.717) is 0 Å². The first-order chi connectivity index (χ1) is 12.3. The second-order valence-corrected chi connectivity index (χ2v) is 7.76. The topological polar surface area (TPSA) is 88.9 Å². The monoisotopic (exact) mass is 391 g/mol. The summed E-state index contributed by atoms with van der Waals surface area (Å²) < 4.78 is 25.3. The van der Waals surface area contributed by atoms with Gasteiger partial charge in [0.15, 0.2) is 0 Å². The summed E-state index contributed by atoms with van der Waals surface area (Å²) in [5, 5.41) is 0. The Bertz CT molecular complexity index is 978. The number of ether oxygens (including phenoxy) is 1. The van der Waals surface area contributed by atoms with Gasteiger partial charge in [-0.15, -0.1) is 0 Å². The fraction of sp³-hybridized carbons (Fsp3) is 0.167. The van der Waals surface area contributed by atoms with Crippen molar-refractivity contribution in [2.75, 3.05) is 7.11 Å². The van der Waals surface area contributed by atoms with Crippen LogP contribution in [0.25, 0.3) is 21.6 Å². The van der Waals surface area contributed by atoms with Crippen LogP contribution >= 0.6 is 19.4 Å². The molecule has 0 atom stereocenters. The van der Waals surface area contributed by atoms with Crippen LogP contribution in [0.5, 0.6) is 11.5 Å². The van der Waals surface area contributed by atoms with Crippen molar-refractivity contribution in [2.45, 2.75) is 13.8 Å². The largest absolute Gasteiger partial charge is 0.524 e. The Morgan fingerprint density at radius 2 is 1.77 bits per heavy atom. The third-order valence-electron chi connectivity index (χ3n) is 4.06. The average molecular weight is 391 g/mol. The molecule has 1 heterocycles. The normalized spacial score (nSPS) is 11.4. The molecule has 0 saturated carbocycles. The predicted molar refractivity (Wildman–Crippen MR) is 102 cm³/mol. The van der Waals surface area contributed by atoms with Gasteiger partial charge < -0.3 is 9.26 Å². The Morgan fingerprint density at radius 1 is 1.08 bits per heavy atom. The number of benzene rings is 2. The molecule has 136 valence electrons. The zero-order valence-corrected chi connectivity index (χ0v) is 16.2. The van der Waals surface area contributed by atoms with E-state index in [1.54, 1.807) is 25.4 Å². The second-order valence-electron chi connectivity index (χ2n) is 5.80. The van der Waals surface area contributed by atoms with Crippen molar-refractivity contribution >= 4 is 19.4 Å². The molecule has 0 radical (unpaired) electrons. The van der Waals surface area contributed by atoms with Gasteiger partial charge in [-0.2, -0.15) is 4.37 Å². The van der Waals surface area contributed by atoms with E-state index >= 15 is 0 Å². The zero-order valence-electron chi connectivity index (χ0n) is 14.5. The van der Waals surface area contributed by atoms with Gasteiger partial charge in [0.25, 0.3) is 0 Å². The number of hydrogen-bond donors (Lipinski definition) is 2. The van der Waals surface area contributed by atoms with Gasteiger partial charge in [0.2, 0.25) is 0 Å². The SMILES string of the molecule is COc1cc(-c2sncc2-c2ccc(OP(=O)(O)O)cc2)cc(C)c1C. The highest BCUT2D eigenvalue weighted by Gasteiger charge is 2.17. The third kappa shape index (κ3) is 3.97. The summed E-state index contributed by atoms with van der Waals surface area (Å²) in [6.07, 6.45) is 1.78. The van der Waals surface area contributed by atoms with E-state index < -0.39 is 7.82 Å². The van der Waals surface area contributed by atoms with Crippen LogP contribution in [0.15, 0.2) is 42.6 Å². The first kappa shape index (κ1) is 18.6. The number of rotatable bonds is 5. The van der Waals surface area contributed by atoms with Crippen LogP contribution in [-0.4, -0.2) is 21.3 Å². The van der Waals surface area contributed by atoms with Gasteiger partial charge in [-0.25, -0.2) is 4.57 Å². The first-order valence-corrected chi connectivity index (χ1v) is 10.0. The predicted octanol–water partition coefficient (Wildman–Crippen LogP) is 4.57. The van der Waals surface area contributed by atoms with Crippen LogP contribution < -0.4 is 9.26 Å². The molecule has 6 nitrogen and oxygen atoms in total. The van der Waals surface area contributed by atoms with Gasteiger partial charge in [-0.05, 0) is 65.8 Å². The lowest BCUT2D eigenvalue weighted by molar-refractivity contribution is 0.283. The summed E-state index contributed by atoms with van der Waals surface area (Å²) in [4.78, 5) is 18.8. The second kappa shape index (κ2) is 7.21. The summed E-state index contributed by atoms with van der Waals surface area (Å²) in [5.74, 6) is 0.935. The Hall–Kier alpha value is -2.18. The molecular formula is C18H18NO5PS. The van der Waals surface area contributed by atoms with E-state index in [4.69, 9.17) is 14.5 Å². The molecule has 2 aromatic carbocycles. The highest BCUT2D eigenvalue weighted by Crippen LogP contribution is 2.41. The van der Waals surface area contributed by atoms with Crippen LogP contribution in [0.3, 0.4) is 0 Å². The smallest absolute Gasteiger partial charge is 0.496 e. The summed E-state index contributed by atoms with van der Waals surface area (Å²) in [5.41, 5.74) is 5.05. The summed E-state index contributed by atoms with van der Waals surface area (Å²) >= 11 is 1.38. The van der Waals surface area contributed by atoms with Crippen LogP contribution in [0.1, 0.15) is 11.1 Å². The molecule has 26 heavy (non-hydrogen) atoms. The van der Waals surface area contributed by atoms with Crippen molar-refractivity contribution in [1.82, 2.24) is 4.37 Å². The number of phosphoric acid groups is 1. The maximum Gasteiger partial charge on any atom is 0.524 e.